The van der Waals surface area contributed by atoms with Gasteiger partial charge in [0.2, 0.25) is 0 Å². The summed E-state index contributed by atoms with van der Waals surface area (Å²) in [5, 5.41) is 5.55. The number of thiophene rings is 1. The molecule has 0 aromatic carbocycles. The van der Waals surface area contributed by atoms with Gasteiger partial charge in [-0.2, -0.15) is 0 Å². The summed E-state index contributed by atoms with van der Waals surface area (Å²) < 4.78 is 0. The van der Waals surface area contributed by atoms with E-state index in [0.717, 1.165) is 25.2 Å². The average molecular weight is 232 g/mol. The molecule has 2 heterocycles. The number of rotatable bonds is 5. The van der Waals surface area contributed by atoms with Gasteiger partial charge >= 0.3 is 0 Å². The Morgan fingerprint density at radius 1 is 1.31 bits per heavy atom. The van der Waals surface area contributed by atoms with Gasteiger partial charge in [0.25, 0.3) is 0 Å². The molecule has 0 amide bonds. The molecule has 3 heteroatoms. The Hall–Kier alpha value is -1.19. The van der Waals surface area contributed by atoms with E-state index in [4.69, 9.17) is 0 Å². The Bertz CT molecular complexity index is 406. The molecule has 0 spiro atoms. The minimum atomic E-state index is 0.901. The molecule has 0 atom stereocenters. The molecule has 0 bridgehead atoms. The Kier molecular flexibility index (Phi) is 4.08. The van der Waals surface area contributed by atoms with Crippen molar-refractivity contribution < 1.29 is 0 Å². The maximum Gasteiger partial charge on any atom is 0.0372 e. The summed E-state index contributed by atoms with van der Waals surface area (Å²) >= 11 is 1.82. The summed E-state index contributed by atoms with van der Waals surface area (Å²) in [4.78, 5) is 5.71. The van der Waals surface area contributed by atoms with Crippen LogP contribution < -0.4 is 5.32 Å². The van der Waals surface area contributed by atoms with Crippen molar-refractivity contribution >= 4 is 11.3 Å². The van der Waals surface area contributed by atoms with E-state index in [1.54, 1.807) is 0 Å². The number of aryl methyl sites for hydroxylation is 1. The van der Waals surface area contributed by atoms with Gasteiger partial charge in [0.1, 0.15) is 0 Å². The van der Waals surface area contributed by atoms with Crippen molar-refractivity contribution in [2.24, 2.45) is 0 Å². The van der Waals surface area contributed by atoms with Crippen LogP contribution in [0.15, 0.2) is 35.8 Å². The van der Waals surface area contributed by atoms with Crippen molar-refractivity contribution in [1.82, 2.24) is 10.3 Å². The summed E-state index contributed by atoms with van der Waals surface area (Å²) in [5.41, 5.74) is 2.32. The highest BCUT2D eigenvalue weighted by molar-refractivity contribution is 7.09. The molecule has 0 fully saturated rings. The molecule has 0 aliphatic carbocycles. The zero-order valence-corrected chi connectivity index (χ0v) is 10.3. The third-order valence-electron chi connectivity index (χ3n) is 2.43. The van der Waals surface area contributed by atoms with Crippen molar-refractivity contribution in [2.45, 2.75) is 19.9 Å². The highest BCUT2D eigenvalue weighted by atomic mass is 32.1. The molecular weight excluding hydrogens is 216 g/mol. The zero-order chi connectivity index (χ0) is 11.2. The largest absolute Gasteiger partial charge is 0.312 e. The van der Waals surface area contributed by atoms with Crippen molar-refractivity contribution in [3.63, 3.8) is 0 Å². The minimum absolute atomic E-state index is 0.901. The van der Waals surface area contributed by atoms with Crippen LogP contribution in [0.25, 0.3) is 0 Å². The van der Waals surface area contributed by atoms with Gasteiger partial charge < -0.3 is 5.32 Å². The van der Waals surface area contributed by atoms with Crippen LogP contribution in [0.1, 0.15) is 16.1 Å². The number of pyridine rings is 1. The standard InChI is InChI=1S/C13H16N2S/c1-11-4-5-12(10-15-11)9-14-7-6-13-3-2-8-16-13/h2-5,8,10,14H,6-7,9H2,1H3. The Morgan fingerprint density at radius 2 is 2.25 bits per heavy atom. The Labute approximate surface area is 100 Å². The number of hydrogen-bond donors (Lipinski definition) is 1. The van der Waals surface area contributed by atoms with E-state index < -0.39 is 0 Å². The first-order chi connectivity index (χ1) is 7.84. The van der Waals surface area contributed by atoms with E-state index in [9.17, 15) is 0 Å². The molecule has 0 unspecified atom stereocenters. The summed E-state index contributed by atoms with van der Waals surface area (Å²) in [5.74, 6) is 0. The molecule has 84 valence electrons. The minimum Gasteiger partial charge on any atom is -0.312 e. The molecule has 0 radical (unpaired) electrons. The van der Waals surface area contributed by atoms with Crippen molar-refractivity contribution in [2.75, 3.05) is 6.54 Å². The SMILES string of the molecule is Cc1ccc(CNCCc2cccs2)cn1. The first-order valence-corrected chi connectivity index (χ1v) is 6.37. The van der Waals surface area contributed by atoms with Crippen LogP contribution in [0.3, 0.4) is 0 Å². The fourth-order valence-corrected chi connectivity index (χ4v) is 2.21. The lowest BCUT2D eigenvalue weighted by molar-refractivity contribution is 0.688. The Balaban J connectivity index is 1.70. The molecule has 0 saturated heterocycles. The lowest BCUT2D eigenvalue weighted by Gasteiger charge is -2.03. The third-order valence-corrected chi connectivity index (χ3v) is 3.37. The molecule has 0 aliphatic heterocycles. The predicted octanol–water partition coefficient (Wildman–Crippen LogP) is 2.78. The molecule has 16 heavy (non-hydrogen) atoms. The molecule has 2 aromatic heterocycles. The topological polar surface area (TPSA) is 24.9 Å². The van der Waals surface area contributed by atoms with E-state index >= 15 is 0 Å². The fourth-order valence-electron chi connectivity index (χ4n) is 1.50. The fraction of sp³-hybridized carbons (Fsp3) is 0.308. The van der Waals surface area contributed by atoms with E-state index in [1.165, 1.54) is 10.4 Å². The molecule has 2 aromatic rings. The van der Waals surface area contributed by atoms with Crippen LogP contribution in [-0.4, -0.2) is 11.5 Å². The van der Waals surface area contributed by atoms with E-state index in [1.807, 2.05) is 24.5 Å². The van der Waals surface area contributed by atoms with E-state index in [0.29, 0.717) is 0 Å². The molecule has 1 N–H and O–H groups in total. The molecule has 0 saturated carbocycles. The van der Waals surface area contributed by atoms with Crippen LogP contribution in [0, 0.1) is 6.92 Å². The van der Waals surface area contributed by atoms with Crippen LogP contribution in [0.5, 0.6) is 0 Å². The lowest BCUT2D eigenvalue weighted by atomic mass is 10.2. The quantitative estimate of drug-likeness (QED) is 0.802. The van der Waals surface area contributed by atoms with Crippen LogP contribution >= 0.6 is 11.3 Å². The van der Waals surface area contributed by atoms with Gasteiger partial charge in [-0.1, -0.05) is 12.1 Å². The maximum atomic E-state index is 4.27. The second-order valence-electron chi connectivity index (χ2n) is 3.81. The molecular formula is C13H16N2S. The second kappa shape index (κ2) is 5.77. The average Bonchev–Trinajstić information content (AvgIpc) is 2.80. The van der Waals surface area contributed by atoms with Gasteiger partial charge in [0, 0.05) is 29.9 Å². The summed E-state index contributed by atoms with van der Waals surface area (Å²) in [7, 11) is 0. The van der Waals surface area contributed by atoms with Crippen molar-refractivity contribution in [3.8, 4) is 0 Å². The zero-order valence-electron chi connectivity index (χ0n) is 9.44. The smallest absolute Gasteiger partial charge is 0.0372 e. The monoisotopic (exact) mass is 232 g/mol. The highest BCUT2D eigenvalue weighted by Gasteiger charge is 1.95. The highest BCUT2D eigenvalue weighted by Crippen LogP contribution is 2.08. The third kappa shape index (κ3) is 3.43. The second-order valence-corrected chi connectivity index (χ2v) is 4.85. The van der Waals surface area contributed by atoms with Gasteiger partial charge in [0.05, 0.1) is 0 Å². The predicted molar refractivity (Wildman–Crippen MR) is 68.7 cm³/mol. The van der Waals surface area contributed by atoms with Gasteiger partial charge in [-0.25, -0.2) is 0 Å². The number of hydrogen-bond acceptors (Lipinski definition) is 3. The van der Waals surface area contributed by atoms with Crippen LogP contribution in [-0.2, 0) is 13.0 Å². The van der Waals surface area contributed by atoms with Crippen molar-refractivity contribution in [1.29, 1.82) is 0 Å². The maximum absolute atomic E-state index is 4.27. The van der Waals surface area contributed by atoms with Crippen molar-refractivity contribution in [3.05, 3.63) is 52.0 Å². The molecule has 2 rings (SSSR count). The van der Waals surface area contributed by atoms with Gasteiger partial charge in [0.15, 0.2) is 0 Å². The number of aromatic nitrogens is 1. The van der Waals surface area contributed by atoms with E-state index in [2.05, 4.69) is 39.9 Å². The summed E-state index contributed by atoms with van der Waals surface area (Å²) in [6, 6.07) is 8.46. The summed E-state index contributed by atoms with van der Waals surface area (Å²) in [6.45, 7) is 3.93. The van der Waals surface area contributed by atoms with E-state index in [-0.39, 0.29) is 0 Å². The van der Waals surface area contributed by atoms with Crippen LogP contribution in [0.4, 0.5) is 0 Å². The molecule has 0 aliphatic rings. The molecule has 2 nitrogen and oxygen atoms in total. The van der Waals surface area contributed by atoms with Gasteiger partial charge in [-0.15, -0.1) is 11.3 Å². The van der Waals surface area contributed by atoms with Crippen LogP contribution in [0.2, 0.25) is 0 Å². The van der Waals surface area contributed by atoms with Gasteiger partial charge in [-0.3, -0.25) is 4.98 Å². The summed E-state index contributed by atoms with van der Waals surface area (Å²) in [6.07, 6.45) is 3.05. The number of nitrogens with zero attached hydrogens (tertiary/aromatic N) is 1. The normalized spacial score (nSPS) is 10.6. The number of nitrogens with one attached hydrogen (secondary N) is 1. The first-order valence-electron chi connectivity index (χ1n) is 5.49. The lowest BCUT2D eigenvalue weighted by Crippen LogP contribution is -2.16. The Morgan fingerprint density at radius 3 is 2.94 bits per heavy atom. The first kappa shape index (κ1) is 11.3. The van der Waals surface area contributed by atoms with Gasteiger partial charge in [-0.05, 0) is 36.4 Å².